The van der Waals surface area contributed by atoms with Gasteiger partial charge in [0.25, 0.3) is 5.91 Å². The van der Waals surface area contributed by atoms with Gasteiger partial charge in [0.05, 0.1) is 13.2 Å². The summed E-state index contributed by atoms with van der Waals surface area (Å²) in [6.45, 7) is 4.82. The van der Waals surface area contributed by atoms with Crippen LogP contribution in [0.15, 0.2) is 42.0 Å². The fourth-order valence-corrected chi connectivity index (χ4v) is 5.56. The number of hydrogen-bond donors (Lipinski definition) is 1. The highest BCUT2D eigenvalue weighted by molar-refractivity contribution is 6.12. The van der Waals surface area contributed by atoms with E-state index < -0.39 is 11.6 Å². The summed E-state index contributed by atoms with van der Waals surface area (Å²) in [5, 5.41) is 2.86. The van der Waals surface area contributed by atoms with E-state index in [1.54, 1.807) is 12.1 Å². The van der Waals surface area contributed by atoms with Crippen LogP contribution in [0.1, 0.15) is 65.8 Å². The molecule has 2 aromatic rings. The Labute approximate surface area is 199 Å². The van der Waals surface area contributed by atoms with Gasteiger partial charge in [-0.3, -0.25) is 14.5 Å². The van der Waals surface area contributed by atoms with Crippen LogP contribution in [-0.4, -0.2) is 40.3 Å². The van der Waals surface area contributed by atoms with E-state index in [4.69, 9.17) is 4.74 Å². The number of fused-ring (bicyclic) bond motifs is 2. The molecule has 1 N–H and O–H groups in total. The van der Waals surface area contributed by atoms with Crippen molar-refractivity contribution in [1.82, 2.24) is 14.8 Å². The van der Waals surface area contributed by atoms with Crippen LogP contribution < -0.4 is 10.1 Å². The maximum atomic E-state index is 13.5. The average Bonchev–Trinajstić information content (AvgIpc) is 3.26. The molecular weight excluding hydrogens is 430 g/mol. The van der Waals surface area contributed by atoms with Crippen LogP contribution in [0.4, 0.5) is 4.79 Å². The third-order valence-corrected chi connectivity index (χ3v) is 7.47. The number of hydrogen-bond acceptors (Lipinski definition) is 4. The molecule has 1 saturated heterocycles. The second kappa shape index (κ2) is 8.78. The summed E-state index contributed by atoms with van der Waals surface area (Å²) in [5.41, 5.74) is 3.44. The number of aromatic nitrogens is 1. The van der Waals surface area contributed by atoms with Gasteiger partial charge >= 0.3 is 6.03 Å². The number of aryl methyl sites for hydroxylation is 1. The largest absolute Gasteiger partial charge is 0.493 e. The van der Waals surface area contributed by atoms with Crippen molar-refractivity contribution < 1.29 is 19.1 Å². The fraction of sp³-hybridized carbons (Fsp3) is 0.444. The van der Waals surface area contributed by atoms with Crippen LogP contribution in [0.2, 0.25) is 0 Å². The van der Waals surface area contributed by atoms with Gasteiger partial charge in [-0.1, -0.05) is 29.8 Å². The van der Waals surface area contributed by atoms with E-state index in [-0.39, 0.29) is 18.2 Å². The van der Waals surface area contributed by atoms with Crippen molar-refractivity contribution in [2.75, 3.05) is 13.2 Å². The summed E-state index contributed by atoms with van der Waals surface area (Å²) in [7, 11) is 0. The molecule has 1 aliphatic carbocycles. The number of amides is 3. The normalized spacial score (nSPS) is 21.8. The van der Waals surface area contributed by atoms with Crippen LogP contribution in [0.3, 0.4) is 0 Å². The standard InChI is InChI=1S/C27H31N3O4/c1-18-16-21(19(2)29(18)14-12-20-8-4-3-5-9-20)23(31)17-30-25(32)27(28-26(30)33)13-15-34-24-11-7-6-10-22(24)27/h6-8,10-11,16H,3-5,9,12-15,17H2,1-2H3,(H,28,33). The maximum Gasteiger partial charge on any atom is 0.325 e. The predicted molar refractivity (Wildman–Crippen MR) is 128 cm³/mol. The molecule has 0 radical (unpaired) electrons. The molecule has 1 spiro atoms. The summed E-state index contributed by atoms with van der Waals surface area (Å²) in [5.74, 6) is -0.0241. The molecule has 0 bridgehead atoms. The topological polar surface area (TPSA) is 80.6 Å². The number of rotatable bonds is 6. The van der Waals surface area contributed by atoms with Gasteiger partial charge in [-0.15, -0.1) is 0 Å². The Bertz CT molecular complexity index is 1190. The Morgan fingerprint density at radius 2 is 2.00 bits per heavy atom. The smallest absolute Gasteiger partial charge is 0.325 e. The number of ketones is 1. The van der Waals surface area contributed by atoms with Crippen LogP contribution in [-0.2, 0) is 16.9 Å². The number of urea groups is 1. The van der Waals surface area contributed by atoms with Crippen LogP contribution in [0.25, 0.3) is 0 Å². The van der Waals surface area contributed by atoms with Crippen LogP contribution in [0.5, 0.6) is 5.75 Å². The molecule has 5 rings (SSSR count). The third kappa shape index (κ3) is 3.73. The summed E-state index contributed by atoms with van der Waals surface area (Å²) in [6, 6.07) is 8.59. The van der Waals surface area contributed by atoms with E-state index in [2.05, 4.69) is 16.0 Å². The first kappa shape index (κ1) is 22.4. The zero-order valence-electron chi connectivity index (χ0n) is 19.9. The molecule has 1 aromatic heterocycles. The number of para-hydroxylation sites is 1. The number of carbonyl (C=O) groups excluding carboxylic acids is 3. The monoisotopic (exact) mass is 461 g/mol. The molecule has 3 heterocycles. The van der Waals surface area contributed by atoms with Crippen LogP contribution >= 0.6 is 0 Å². The van der Waals surface area contributed by atoms with Crippen molar-refractivity contribution in [1.29, 1.82) is 0 Å². The lowest BCUT2D eigenvalue weighted by Gasteiger charge is -2.33. The highest BCUT2D eigenvalue weighted by Crippen LogP contribution is 2.41. The van der Waals surface area contributed by atoms with E-state index in [9.17, 15) is 14.4 Å². The highest BCUT2D eigenvalue weighted by Gasteiger charge is 2.55. The number of ether oxygens (including phenoxy) is 1. The second-order valence-electron chi connectivity index (χ2n) is 9.54. The zero-order valence-corrected chi connectivity index (χ0v) is 19.9. The molecule has 3 amide bonds. The quantitative estimate of drug-likeness (QED) is 0.393. The van der Waals surface area contributed by atoms with Gasteiger partial charge < -0.3 is 14.6 Å². The molecule has 1 unspecified atom stereocenters. The minimum absolute atomic E-state index is 0.225. The lowest BCUT2D eigenvalue weighted by atomic mass is 9.84. The van der Waals surface area contributed by atoms with E-state index in [1.165, 1.54) is 18.4 Å². The Hall–Kier alpha value is -3.35. The molecule has 3 aliphatic rings. The number of carbonyl (C=O) groups is 3. The van der Waals surface area contributed by atoms with Gasteiger partial charge in [-0.2, -0.15) is 0 Å². The first-order chi connectivity index (χ1) is 16.4. The first-order valence-electron chi connectivity index (χ1n) is 12.1. The number of allylic oxidation sites excluding steroid dienone is 2. The molecule has 1 atom stereocenters. The summed E-state index contributed by atoms with van der Waals surface area (Å²) in [4.78, 5) is 40.7. The second-order valence-corrected chi connectivity index (χ2v) is 9.54. The number of nitrogens with zero attached hydrogens (tertiary/aromatic N) is 2. The number of benzene rings is 1. The minimum atomic E-state index is -1.17. The van der Waals surface area contributed by atoms with E-state index in [0.29, 0.717) is 29.9 Å². The van der Waals surface area contributed by atoms with Crippen molar-refractivity contribution in [3.63, 3.8) is 0 Å². The maximum absolute atomic E-state index is 13.5. The molecule has 0 saturated carbocycles. The molecule has 7 heteroatoms. The van der Waals surface area contributed by atoms with Crippen molar-refractivity contribution in [3.8, 4) is 5.75 Å². The molecular formula is C27H31N3O4. The lowest BCUT2D eigenvalue weighted by molar-refractivity contribution is -0.132. The molecule has 1 aromatic carbocycles. The average molecular weight is 462 g/mol. The molecule has 7 nitrogen and oxygen atoms in total. The lowest BCUT2D eigenvalue weighted by Crippen LogP contribution is -2.47. The molecule has 2 aliphatic heterocycles. The van der Waals surface area contributed by atoms with Crippen LogP contribution in [0, 0.1) is 13.8 Å². The number of nitrogens with one attached hydrogen (secondary N) is 1. The van der Waals surface area contributed by atoms with E-state index >= 15 is 0 Å². The van der Waals surface area contributed by atoms with Gasteiger partial charge in [-0.05, 0) is 58.1 Å². The number of imide groups is 1. The van der Waals surface area contributed by atoms with Gasteiger partial charge in [0.1, 0.15) is 5.75 Å². The fourth-order valence-electron chi connectivity index (χ4n) is 5.56. The Kier molecular flexibility index (Phi) is 5.80. The summed E-state index contributed by atoms with van der Waals surface area (Å²) >= 11 is 0. The zero-order chi connectivity index (χ0) is 23.9. The van der Waals surface area contributed by atoms with Crippen molar-refractivity contribution in [2.45, 2.75) is 64.5 Å². The predicted octanol–water partition coefficient (Wildman–Crippen LogP) is 4.41. The minimum Gasteiger partial charge on any atom is -0.493 e. The van der Waals surface area contributed by atoms with Gasteiger partial charge in [0.15, 0.2) is 11.3 Å². The third-order valence-electron chi connectivity index (χ3n) is 7.47. The van der Waals surface area contributed by atoms with Gasteiger partial charge in [-0.25, -0.2) is 4.79 Å². The SMILES string of the molecule is Cc1cc(C(=O)CN2C(=O)NC3(CCOc4ccccc43)C2=O)c(C)n1CCC1=CCCCC1. The Balaban J connectivity index is 1.34. The highest BCUT2D eigenvalue weighted by atomic mass is 16.5. The van der Waals surface area contributed by atoms with E-state index in [0.717, 1.165) is 42.1 Å². The van der Waals surface area contributed by atoms with Crippen molar-refractivity contribution in [2.24, 2.45) is 0 Å². The molecule has 34 heavy (non-hydrogen) atoms. The summed E-state index contributed by atoms with van der Waals surface area (Å²) in [6.07, 6.45) is 8.52. The van der Waals surface area contributed by atoms with E-state index in [1.807, 2.05) is 32.0 Å². The first-order valence-corrected chi connectivity index (χ1v) is 12.1. The molecule has 1 fully saturated rings. The molecule has 178 valence electrons. The van der Waals surface area contributed by atoms with Crippen molar-refractivity contribution >= 4 is 17.7 Å². The number of Topliss-reactive ketones (excluding diaryl/α,β-unsaturated/α-hetero) is 1. The van der Waals surface area contributed by atoms with Gasteiger partial charge in [0, 0.05) is 35.5 Å². The van der Waals surface area contributed by atoms with Gasteiger partial charge in [0.2, 0.25) is 0 Å². The Morgan fingerprint density at radius 3 is 2.79 bits per heavy atom. The Morgan fingerprint density at radius 1 is 1.18 bits per heavy atom. The summed E-state index contributed by atoms with van der Waals surface area (Å²) < 4.78 is 7.85. The van der Waals surface area contributed by atoms with Crippen molar-refractivity contribution in [3.05, 3.63) is 64.5 Å².